The largest absolute Gasteiger partial charge is 0.490 e. The van der Waals surface area contributed by atoms with E-state index >= 15 is 0 Å². The molecule has 2 N–H and O–H groups in total. The summed E-state index contributed by atoms with van der Waals surface area (Å²) in [7, 11) is 0. The average molecular weight is 581 g/mol. The molecule has 1 saturated heterocycles. The van der Waals surface area contributed by atoms with Crippen molar-refractivity contribution in [2.75, 3.05) is 11.5 Å². The Kier molecular flexibility index (Phi) is 8.00. The first-order valence-corrected chi connectivity index (χ1v) is 12.4. The molecule has 188 valence electrons. The van der Waals surface area contributed by atoms with E-state index < -0.39 is 17.8 Å². The Morgan fingerprint density at radius 1 is 1.05 bits per heavy atom. The quantitative estimate of drug-likeness (QED) is 0.220. The number of halogens is 1. The van der Waals surface area contributed by atoms with Crippen LogP contribution in [-0.2, 0) is 16.2 Å². The second-order valence-electron chi connectivity index (χ2n) is 7.87. The van der Waals surface area contributed by atoms with E-state index in [2.05, 4.69) is 21.2 Å². The standard InChI is InChI=1S/C27H21BrN2O6S/c1-2-35-23-13-17(8-11-22(23)36-15-16-6-9-19(28)10-7-16)12-21-24(31)29-27(37)30(25(21)32)20-5-3-4-18(14-20)26(33)34/h3-14H,2,15H2,1H3,(H,33,34)(H,29,31,37). The molecule has 0 spiro atoms. The monoisotopic (exact) mass is 580 g/mol. The number of hydrogen-bond donors (Lipinski definition) is 2. The molecule has 1 heterocycles. The van der Waals surface area contributed by atoms with E-state index in [0.717, 1.165) is 14.9 Å². The molecule has 3 aromatic rings. The number of thiocarbonyl (C=S) groups is 1. The summed E-state index contributed by atoms with van der Waals surface area (Å²) in [5, 5.41) is 11.6. The first kappa shape index (κ1) is 26.1. The summed E-state index contributed by atoms with van der Waals surface area (Å²) < 4.78 is 12.7. The molecule has 8 nitrogen and oxygen atoms in total. The van der Waals surface area contributed by atoms with Crippen molar-refractivity contribution in [1.82, 2.24) is 5.32 Å². The van der Waals surface area contributed by atoms with E-state index in [-0.39, 0.29) is 21.9 Å². The molecule has 0 saturated carbocycles. The number of amides is 2. The summed E-state index contributed by atoms with van der Waals surface area (Å²) in [6.07, 6.45) is 1.43. The molecule has 3 aromatic carbocycles. The number of rotatable bonds is 8. The fourth-order valence-corrected chi connectivity index (χ4v) is 4.13. The van der Waals surface area contributed by atoms with Crippen molar-refractivity contribution >= 4 is 62.8 Å². The van der Waals surface area contributed by atoms with E-state index in [0.29, 0.717) is 30.3 Å². The summed E-state index contributed by atoms with van der Waals surface area (Å²) in [4.78, 5) is 38.4. The molecule has 1 fully saturated rings. The molecule has 4 rings (SSSR count). The Morgan fingerprint density at radius 3 is 2.51 bits per heavy atom. The first-order valence-electron chi connectivity index (χ1n) is 11.2. The third-order valence-electron chi connectivity index (χ3n) is 5.34. The van der Waals surface area contributed by atoms with Gasteiger partial charge in [0.05, 0.1) is 17.9 Å². The van der Waals surface area contributed by atoms with E-state index in [9.17, 15) is 19.5 Å². The highest BCUT2D eigenvalue weighted by atomic mass is 79.9. The summed E-state index contributed by atoms with van der Waals surface area (Å²) >= 11 is 8.61. The van der Waals surface area contributed by atoms with Crippen LogP contribution in [0, 0.1) is 0 Å². The van der Waals surface area contributed by atoms with Crippen LogP contribution in [0.3, 0.4) is 0 Å². The number of nitrogens with zero attached hydrogens (tertiary/aromatic N) is 1. The van der Waals surface area contributed by atoms with Crippen molar-refractivity contribution in [3.8, 4) is 11.5 Å². The van der Waals surface area contributed by atoms with Gasteiger partial charge in [-0.3, -0.25) is 19.8 Å². The molecule has 0 atom stereocenters. The van der Waals surface area contributed by atoms with E-state index in [4.69, 9.17) is 21.7 Å². The van der Waals surface area contributed by atoms with Gasteiger partial charge in [0, 0.05) is 4.47 Å². The normalized spacial score (nSPS) is 14.5. The fourth-order valence-electron chi connectivity index (χ4n) is 3.58. The van der Waals surface area contributed by atoms with Crippen LogP contribution in [0.5, 0.6) is 11.5 Å². The second kappa shape index (κ2) is 11.4. The minimum absolute atomic E-state index is 0.0180. The number of carboxylic acid groups (broad SMARTS) is 1. The SMILES string of the molecule is CCOc1cc(C=C2C(=O)NC(=S)N(c3cccc(C(=O)O)c3)C2=O)ccc1OCc1ccc(Br)cc1. The number of nitrogens with one attached hydrogen (secondary N) is 1. The molecule has 1 aliphatic rings. The zero-order chi connectivity index (χ0) is 26.5. The molecule has 0 unspecified atom stereocenters. The number of carboxylic acids is 1. The van der Waals surface area contributed by atoms with Gasteiger partial charge in [0.15, 0.2) is 16.6 Å². The maximum Gasteiger partial charge on any atom is 0.335 e. The zero-order valence-electron chi connectivity index (χ0n) is 19.6. The highest BCUT2D eigenvalue weighted by Gasteiger charge is 2.34. The van der Waals surface area contributed by atoms with Crippen LogP contribution in [-0.4, -0.2) is 34.6 Å². The fraction of sp³-hybridized carbons (Fsp3) is 0.111. The molecule has 0 bridgehead atoms. The van der Waals surface area contributed by atoms with Crippen LogP contribution in [0.4, 0.5) is 5.69 Å². The van der Waals surface area contributed by atoms with Crippen LogP contribution in [0.15, 0.2) is 76.8 Å². The van der Waals surface area contributed by atoms with Crippen molar-refractivity contribution in [2.24, 2.45) is 0 Å². The smallest absolute Gasteiger partial charge is 0.335 e. The van der Waals surface area contributed by atoms with Crippen LogP contribution in [0.2, 0.25) is 0 Å². The molecule has 0 aromatic heterocycles. The summed E-state index contributed by atoms with van der Waals surface area (Å²) in [6, 6.07) is 18.6. The predicted octanol–water partition coefficient (Wildman–Crippen LogP) is 4.96. The van der Waals surface area contributed by atoms with Gasteiger partial charge in [-0.15, -0.1) is 0 Å². The zero-order valence-corrected chi connectivity index (χ0v) is 22.0. The summed E-state index contributed by atoms with van der Waals surface area (Å²) in [5.74, 6) is -1.51. The molecule has 0 aliphatic carbocycles. The number of anilines is 1. The molecule has 37 heavy (non-hydrogen) atoms. The maximum absolute atomic E-state index is 13.3. The van der Waals surface area contributed by atoms with Crippen molar-refractivity contribution in [1.29, 1.82) is 0 Å². The van der Waals surface area contributed by atoms with Gasteiger partial charge in [-0.25, -0.2) is 4.79 Å². The lowest BCUT2D eigenvalue weighted by molar-refractivity contribution is -0.122. The van der Waals surface area contributed by atoms with Gasteiger partial charge in [0.1, 0.15) is 12.2 Å². The lowest BCUT2D eigenvalue weighted by Gasteiger charge is -2.29. The van der Waals surface area contributed by atoms with Crippen molar-refractivity contribution in [3.63, 3.8) is 0 Å². The van der Waals surface area contributed by atoms with Crippen LogP contribution in [0.1, 0.15) is 28.4 Å². The van der Waals surface area contributed by atoms with Gasteiger partial charge in [0.25, 0.3) is 11.8 Å². The third kappa shape index (κ3) is 6.04. The van der Waals surface area contributed by atoms with Gasteiger partial charge in [0.2, 0.25) is 0 Å². The minimum Gasteiger partial charge on any atom is -0.490 e. The molecule has 1 aliphatic heterocycles. The Balaban J connectivity index is 1.62. The lowest BCUT2D eigenvalue weighted by atomic mass is 10.1. The number of carbonyl (C=O) groups is 3. The van der Waals surface area contributed by atoms with Gasteiger partial charge >= 0.3 is 5.97 Å². The Labute approximate surface area is 226 Å². The number of aromatic carboxylic acids is 1. The second-order valence-corrected chi connectivity index (χ2v) is 9.17. The number of benzene rings is 3. The highest BCUT2D eigenvalue weighted by Crippen LogP contribution is 2.31. The van der Waals surface area contributed by atoms with Crippen molar-refractivity contribution < 1.29 is 29.0 Å². The van der Waals surface area contributed by atoms with Crippen LogP contribution >= 0.6 is 28.1 Å². The number of carbonyl (C=O) groups excluding carboxylic acids is 2. The van der Waals surface area contributed by atoms with Gasteiger partial charge in [-0.1, -0.05) is 40.2 Å². The molecule has 0 radical (unpaired) electrons. The minimum atomic E-state index is -1.15. The molecular weight excluding hydrogens is 560 g/mol. The summed E-state index contributed by atoms with van der Waals surface area (Å²) in [5.41, 5.74) is 1.55. The maximum atomic E-state index is 13.3. The average Bonchev–Trinajstić information content (AvgIpc) is 2.87. The van der Waals surface area contributed by atoms with Crippen LogP contribution in [0.25, 0.3) is 6.08 Å². The Bertz CT molecular complexity index is 1420. The van der Waals surface area contributed by atoms with Crippen LogP contribution < -0.4 is 19.7 Å². The molecule has 10 heteroatoms. The van der Waals surface area contributed by atoms with E-state index in [1.54, 1.807) is 18.2 Å². The third-order valence-corrected chi connectivity index (χ3v) is 6.15. The molecule has 2 amide bonds. The van der Waals surface area contributed by atoms with Gasteiger partial charge in [-0.2, -0.15) is 0 Å². The number of ether oxygens (including phenoxy) is 2. The van der Waals surface area contributed by atoms with E-state index in [1.165, 1.54) is 30.3 Å². The number of hydrogen-bond acceptors (Lipinski definition) is 6. The predicted molar refractivity (Wildman–Crippen MR) is 146 cm³/mol. The Morgan fingerprint density at radius 2 is 1.81 bits per heavy atom. The first-order chi connectivity index (χ1) is 17.8. The topological polar surface area (TPSA) is 105 Å². The van der Waals surface area contributed by atoms with E-state index in [1.807, 2.05) is 31.2 Å². The molecular formula is C27H21BrN2O6S. The van der Waals surface area contributed by atoms with Gasteiger partial charge in [-0.05, 0) is 78.8 Å². The highest BCUT2D eigenvalue weighted by molar-refractivity contribution is 9.10. The van der Waals surface area contributed by atoms with Crippen molar-refractivity contribution in [3.05, 3.63) is 93.5 Å². The van der Waals surface area contributed by atoms with Gasteiger partial charge < -0.3 is 14.6 Å². The van der Waals surface area contributed by atoms with Crippen molar-refractivity contribution in [2.45, 2.75) is 13.5 Å². The summed E-state index contributed by atoms with van der Waals surface area (Å²) in [6.45, 7) is 2.55. The lowest BCUT2D eigenvalue weighted by Crippen LogP contribution is -2.54. The Hall–Kier alpha value is -4.02.